The van der Waals surface area contributed by atoms with Gasteiger partial charge in [-0.3, -0.25) is 9.69 Å². The van der Waals surface area contributed by atoms with E-state index in [0.29, 0.717) is 26.1 Å². The molecule has 1 aliphatic heterocycles. The van der Waals surface area contributed by atoms with E-state index >= 15 is 0 Å². The number of imidazole rings is 1. The van der Waals surface area contributed by atoms with Crippen LogP contribution in [0.2, 0.25) is 0 Å². The first-order valence-corrected chi connectivity index (χ1v) is 8.32. The van der Waals surface area contributed by atoms with Crippen LogP contribution >= 0.6 is 0 Å². The number of aromatic nitrogens is 2. The fraction of sp³-hybridized carbons (Fsp3) is 0.444. The Bertz CT molecular complexity index is 656. The molecule has 0 radical (unpaired) electrons. The Morgan fingerprint density at radius 2 is 2.17 bits per heavy atom. The summed E-state index contributed by atoms with van der Waals surface area (Å²) in [6.45, 7) is 3.61. The van der Waals surface area contributed by atoms with E-state index in [2.05, 4.69) is 31.9 Å². The zero-order chi connectivity index (χ0) is 16.8. The first kappa shape index (κ1) is 16.7. The molecule has 1 aromatic heterocycles. The third-order valence-electron chi connectivity index (χ3n) is 4.40. The molecular formula is C18H24N4O2. The number of hydrogen-bond donors (Lipinski definition) is 1. The Hall–Kier alpha value is -2.18. The molecule has 0 unspecified atom stereocenters. The van der Waals surface area contributed by atoms with Crippen molar-refractivity contribution >= 4 is 5.91 Å². The average Bonchev–Trinajstić information content (AvgIpc) is 3.04. The van der Waals surface area contributed by atoms with Crippen LogP contribution in [0.5, 0.6) is 0 Å². The molecule has 0 saturated carbocycles. The van der Waals surface area contributed by atoms with Crippen molar-refractivity contribution in [3.8, 4) is 0 Å². The summed E-state index contributed by atoms with van der Waals surface area (Å²) < 4.78 is 7.24. The maximum absolute atomic E-state index is 12.4. The number of amides is 1. The Balaban J connectivity index is 1.72. The highest BCUT2D eigenvalue weighted by Gasteiger charge is 2.30. The number of rotatable bonds is 7. The van der Waals surface area contributed by atoms with Crippen LogP contribution in [0, 0.1) is 0 Å². The minimum Gasteiger partial charge on any atom is -0.383 e. The number of carbonyl (C=O) groups excluding carboxylic acids is 1. The molecule has 1 amide bonds. The number of methoxy groups -OCH3 is 1. The van der Waals surface area contributed by atoms with Crippen LogP contribution in [-0.2, 0) is 29.0 Å². The first-order valence-electron chi connectivity index (χ1n) is 8.32. The molecule has 128 valence electrons. The SMILES string of the molecule is COCCn1ccnc1CN1CCNC(=O)[C@@H]1Cc1ccccc1. The number of benzene rings is 1. The molecule has 2 heterocycles. The molecule has 24 heavy (non-hydrogen) atoms. The Kier molecular flexibility index (Phi) is 5.61. The predicted molar refractivity (Wildman–Crippen MR) is 91.5 cm³/mol. The number of ether oxygens (including phenoxy) is 1. The zero-order valence-corrected chi connectivity index (χ0v) is 14.0. The van der Waals surface area contributed by atoms with Gasteiger partial charge in [-0.1, -0.05) is 30.3 Å². The highest BCUT2D eigenvalue weighted by molar-refractivity contribution is 5.82. The van der Waals surface area contributed by atoms with E-state index in [9.17, 15) is 4.79 Å². The van der Waals surface area contributed by atoms with Crippen molar-refractivity contribution in [2.24, 2.45) is 0 Å². The van der Waals surface area contributed by atoms with Gasteiger partial charge in [-0.15, -0.1) is 0 Å². The van der Waals surface area contributed by atoms with Crippen LogP contribution in [-0.4, -0.2) is 53.2 Å². The smallest absolute Gasteiger partial charge is 0.237 e. The molecule has 0 bridgehead atoms. The van der Waals surface area contributed by atoms with Crippen molar-refractivity contribution in [1.29, 1.82) is 0 Å². The Labute approximate surface area is 142 Å². The van der Waals surface area contributed by atoms with Crippen molar-refractivity contribution in [2.75, 3.05) is 26.8 Å². The average molecular weight is 328 g/mol. The normalized spacial score (nSPS) is 18.5. The predicted octanol–water partition coefficient (Wildman–Crippen LogP) is 1.07. The highest BCUT2D eigenvalue weighted by Crippen LogP contribution is 2.15. The van der Waals surface area contributed by atoms with Gasteiger partial charge in [-0.2, -0.15) is 0 Å². The summed E-state index contributed by atoms with van der Waals surface area (Å²) in [5, 5.41) is 2.98. The summed E-state index contributed by atoms with van der Waals surface area (Å²) in [6.07, 6.45) is 4.48. The van der Waals surface area contributed by atoms with Gasteiger partial charge in [0, 0.05) is 39.1 Å². The third kappa shape index (κ3) is 4.01. The van der Waals surface area contributed by atoms with Crippen molar-refractivity contribution in [1.82, 2.24) is 19.8 Å². The van der Waals surface area contributed by atoms with E-state index in [1.165, 1.54) is 5.56 Å². The molecule has 1 aromatic carbocycles. The summed E-state index contributed by atoms with van der Waals surface area (Å²) >= 11 is 0. The molecule has 1 atom stereocenters. The molecule has 1 N–H and O–H groups in total. The van der Waals surface area contributed by atoms with Gasteiger partial charge in [-0.25, -0.2) is 4.98 Å². The molecule has 6 heteroatoms. The van der Waals surface area contributed by atoms with E-state index in [1.54, 1.807) is 13.3 Å². The zero-order valence-electron chi connectivity index (χ0n) is 14.0. The van der Waals surface area contributed by atoms with Crippen molar-refractivity contribution in [3.63, 3.8) is 0 Å². The van der Waals surface area contributed by atoms with Gasteiger partial charge in [0.1, 0.15) is 5.82 Å². The first-order chi connectivity index (χ1) is 11.8. The Morgan fingerprint density at radius 3 is 2.96 bits per heavy atom. The molecular weight excluding hydrogens is 304 g/mol. The van der Waals surface area contributed by atoms with Gasteiger partial charge in [0.05, 0.1) is 19.2 Å². The number of piperazine rings is 1. The van der Waals surface area contributed by atoms with Crippen molar-refractivity contribution < 1.29 is 9.53 Å². The van der Waals surface area contributed by atoms with E-state index < -0.39 is 0 Å². The monoisotopic (exact) mass is 328 g/mol. The molecule has 3 rings (SSSR count). The lowest BCUT2D eigenvalue weighted by Gasteiger charge is -2.35. The lowest BCUT2D eigenvalue weighted by atomic mass is 10.0. The minimum absolute atomic E-state index is 0.0973. The number of nitrogens with zero attached hydrogens (tertiary/aromatic N) is 3. The van der Waals surface area contributed by atoms with Gasteiger partial charge >= 0.3 is 0 Å². The van der Waals surface area contributed by atoms with Crippen LogP contribution < -0.4 is 5.32 Å². The van der Waals surface area contributed by atoms with E-state index in [0.717, 1.165) is 18.9 Å². The van der Waals surface area contributed by atoms with Gasteiger partial charge in [0.15, 0.2) is 0 Å². The summed E-state index contributed by atoms with van der Waals surface area (Å²) in [6, 6.07) is 10.00. The standard InChI is InChI=1S/C18H24N4O2/c1-24-12-11-21-9-7-19-17(21)14-22-10-8-20-18(23)16(22)13-15-5-3-2-4-6-15/h2-7,9,16H,8,10-14H2,1H3,(H,20,23)/t16-/m0/s1. The van der Waals surface area contributed by atoms with E-state index in [4.69, 9.17) is 4.74 Å². The lowest BCUT2D eigenvalue weighted by molar-refractivity contribution is -0.129. The molecule has 0 spiro atoms. The topological polar surface area (TPSA) is 59.4 Å². The summed E-state index contributed by atoms with van der Waals surface area (Å²) in [5.41, 5.74) is 1.17. The second-order valence-electron chi connectivity index (χ2n) is 6.00. The molecule has 6 nitrogen and oxygen atoms in total. The van der Waals surface area contributed by atoms with Gasteiger partial charge in [0.2, 0.25) is 5.91 Å². The highest BCUT2D eigenvalue weighted by atomic mass is 16.5. The van der Waals surface area contributed by atoms with Crippen LogP contribution in [0.3, 0.4) is 0 Å². The molecule has 1 aliphatic rings. The maximum atomic E-state index is 12.4. The van der Waals surface area contributed by atoms with Crippen LogP contribution in [0.4, 0.5) is 0 Å². The van der Waals surface area contributed by atoms with E-state index in [-0.39, 0.29) is 11.9 Å². The number of carbonyl (C=O) groups is 1. The van der Waals surface area contributed by atoms with Crippen molar-refractivity contribution in [2.45, 2.75) is 25.6 Å². The van der Waals surface area contributed by atoms with Gasteiger partial charge < -0.3 is 14.6 Å². The summed E-state index contributed by atoms with van der Waals surface area (Å²) in [4.78, 5) is 19.1. The largest absolute Gasteiger partial charge is 0.383 e. The quantitative estimate of drug-likeness (QED) is 0.826. The second-order valence-corrected chi connectivity index (χ2v) is 6.00. The minimum atomic E-state index is -0.159. The molecule has 0 aliphatic carbocycles. The molecule has 1 saturated heterocycles. The second kappa shape index (κ2) is 8.08. The third-order valence-corrected chi connectivity index (χ3v) is 4.40. The fourth-order valence-corrected chi connectivity index (χ4v) is 3.08. The van der Waals surface area contributed by atoms with Crippen LogP contribution in [0.1, 0.15) is 11.4 Å². The maximum Gasteiger partial charge on any atom is 0.237 e. The Morgan fingerprint density at radius 1 is 1.33 bits per heavy atom. The molecule has 2 aromatic rings. The molecule has 1 fully saturated rings. The fourth-order valence-electron chi connectivity index (χ4n) is 3.08. The summed E-state index contributed by atoms with van der Waals surface area (Å²) in [5.74, 6) is 1.07. The number of nitrogens with one attached hydrogen (secondary N) is 1. The van der Waals surface area contributed by atoms with Crippen LogP contribution in [0.15, 0.2) is 42.7 Å². The van der Waals surface area contributed by atoms with E-state index in [1.807, 2.05) is 24.4 Å². The van der Waals surface area contributed by atoms with Crippen LogP contribution in [0.25, 0.3) is 0 Å². The van der Waals surface area contributed by atoms with Crippen molar-refractivity contribution in [3.05, 3.63) is 54.1 Å². The number of hydrogen-bond acceptors (Lipinski definition) is 4. The lowest BCUT2D eigenvalue weighted by Crippen LogP contribution is -2.55. The van der Waals surface area contributed by atoms with Gasteiger partial charge in [-0.05, 0) is 12.0 Å². The summed E-state index contributed by atoms with van der Waals surface area (Å²) in [7, 11) is 1.70. The van der Waals surface area contributed by atoms with Gasteiger partial charge in [0.25, 0.3) is 0 Å².